The second-order valence-electron chi connectivity index (χ2n) is 2.05. The fourth-order valence-electron chi connectivity index (χ4n) is 0.354. The third kappa shape index (κ3) is 6.35. The molecule has 0 heterocycles. The first-order valence-corrected chi connectivity index (χ1v) is 4.00. The summed E-state index contributed by atoms with van der Waals surface area (Å²) >= 11 is 2.02. The molecule has 0 nitrogen and oxygen atoms in total. The van der Waals surface area contributed by atoms with Crippen LogP contribution in [0.4, 0.5) is 0 Å². The first kappa shape index (κ1) is 7.35. The van der Waals surface area contributed by atoms with Crippen molar-refractivity contribution in [3.63, 3.8) is 0 Å². The highest BCUT2D eigenvalue weighted by Gasteiger charge is 1.88. The van der Waals surface area contributed by atoms with Gasteiger partial charge in [-0.3, -0.25) is 0 Å². The Kier molecular flexibility index (Phi) is 4.73. The maximum absolute atomic E-state index is 2.25. The second-order valence-corrected chi connectivity index (χ2v) is 3.37. The van der Waals surface area contributed by atoms with Gasteiger partial charge in [-0.1, -0.05) is 20.8 Å². The molecule has 0 saturated heterocycles. The summed E-state index contributed by atoms with van der Waals surface area (Å²) in [5.74, 6) is 3.44. The highest BCUT2D eigenvalue weighted by atomic mass is 32.2. The first-order valence-electron chi connectivity index (χ1n) is 2.85. The summed E-state index contributed by atoms with van der Waals surface area (Å²) in [5, 5.41) is 0. The summed E-state index contributed by atoms with van der Waals surface area (Å²) in [6, 6.07) is 0. The van der Waals surface area contributed by atoms with E-state index in [1.54, 1.807) is 0 Å². The van der Waals surface area contributed by atoms with Crippen LogP contribution in [-0.4, -0.2) is 11.5 Å². The maximum atomic E-state index is 2.25. The lowest BCUT2D eigenvalue weighted by atomic mass is 10.3. The summed E-state index contributed by atoms with van der Waals surface area (Å²) in [4.78, 5) is 0. The average Bonchev–Trinajstić information content (AvgIpc) is 1.61. The third-order valence-corrected chi connectivity index (χ3v) is 1.97. The summed E-state index contributed by atoms with van der Waals surface area (Å²) in [5.41, 5.74) is 0. The van der Waals surface area contributed by atoms with Gasteiger partial charge < -0.3 is 0 Å². The van der Waals surface area contributed by atoms with E-state index in [0.29, 0.717) is 0 Å². The van der Waals surface area contributed by atoms with Crippen LogP contribution in [0.3, 0.4) is 0 Å². The Labute approximate surface area is 50.7 Å². The monoisotopic (exact) mass is 118 g/mol. The van der Waals surface area contributed by atoms with Crippen molar-refractivity contribution in [3.8, 4) is 0 Å². The number of hydrogen-bond donors (Lipinski definition) is 0. The van der Waals surface area contributed by atoms with E-state index in [0.717, 1.165) is 5.92 Å². The standard InChI is InChI=1S/C6H14S/c1-4-7-5-6(2)3/h6H,4-5H2,1-3H3. The summed E-state index contributed by atoms with van der Waals surface area (Å²) in [7, 11) is 0. The van der Waals surface area contributed by atoms with Crippen molar-refractivity contribution in [3.05, 3.63) is 0 Å². The van der Waals surface area contributed by atoms with E-state index in [2.05, 4.69) is 20.8 Å². The Morgan fingerprint density at radius 1 is 1.43 bits per heavy atom. The Morgan fingerprint density at radius 3 is 2.14 bits per heavy atom. The zero-order valence-corrected chi connectivity index (χ0v) is 6.22. The van der Waals surface area contributed by atoms with Gasteiger partial charge in [0, 0.05) is 0 Å². The molecule has 0 N–H and O–H groups in total. The molecule has 0 fully saturated rings. The van der Waals surface area contributed by atoms with Gasteiger partial charge in [-0.15, -0.1) is 0 Å². The van der Waals surface area contributed by atoms with Crippen molar-refractivity contribution < 1.29 is 0 Å². The summed E-state index contributed by atoms with van der Waals surface area (Å²) in [6.07, 6.45) is 0. The molecule has 0 amide bonds. The quantitative estimate of drug-likeness (QED) is 0.548. The molecule has 0 aliphatic carbocycles. The predicted molar refractivity (Wildman–Crippen MR) is 37.8 cm³/mol. The van der Waals surface area contributed by atoms with E-state index in [1.807, 2.05) is 11.8 Å². The molecule has 0 rings (SSSR count). The molecule has 0 aromatic heterocycles. The van der Waals surface area contributed by atoms with E-state index < -0.39 is 0 Å². The van der Waals surface area contributed by atoms with E-state index >= 15 is 0 Å². The minimum atomic E-state index is 0.866. The SMILES string of the molecule is CCSCC(C)C. The van der Waals surface area contributed by atoms with Gasteiger partial charge in [0.15, 0.2) is 0 Å². The number of hydrogen-bond acceptors (Lipinski definition) is 1. The fourth-order valence-corrected chi connectivity index (χ4v) is 1.06. The van der Waals surface area contributed by atoms with Gasteiger partial charge in [0.25, 0.3) is 0 Å². The van der Waals surface area contributed by atoms with Gasteiger partial charge in [-0.2, -0.15) is 11.8 Å². The van der Waals surface area contributed by atoms with Crippen LogP contribution in [0, 0.1) is 5.92 Å². The van der Waals surface area contributed by atoms with E-state index in [1.165, 1.54) is 11.5 Å². The van der Waals surface area contributed by atoms with E-state index in [-0.39, 0.29) is 0 Å². The smallest absolute Gasteiger partial charge is 0.00445 e. The largest absolute Gasteiger partial charge is 0.162 e. The molecule has 0 saturated carbocycles. The topological polar surface area (TPSA) is 0 Å². The molecule has 0 radical (unpaired) electrons. The summed E-state index contributed by atoms with van der Waals surface area (Å²) in [6.45, 7) is 6.71. The molecule has 0 aliphatic rings. The van der Waals surface area contributed by atoms with Crippen LogP contribution < -0.4 is 0 Å². The Morgan fingerprint density at radius 2 is 2.00 bits per heavy atom. The molecular weight excluding hydrogens is 104 g/mol. The molecule has 0 unspecified atom stereocenters. The van der Waals surface area contributed by atoms with E-state index in [9.17, 15) is 0 Å². The molecule has 0 aromatic rings. The molecular formula is C6H14S. The number of rotatable bonds is 3. The highest BCUT2D eigenvalue weighted by molar-refractivity contribution is 7.99. The molecule has 1 heteroatoms. The predicted octanol–water partition coefficient (Wildman–Crippen LogP) is 2.40. The van der Waals surface area contributed by atoms with Crippen molar-refractivity contribution in [2.45, 2.75) is 20.8 Å². The van der Waals surface area contributed by atoms with Gasteiger partial charge in [0.05, 0.1) is 0 Å². The molecule has 0 aliphatic heterocycles. The molecule has 44 valence electrons. The van der Waals surface area contributed by atoms with Crippen molar-refractivity contribution in [1.82, 2.24) is 0 Å². The summed E-state index contributed by atoms with van der Waals surface area (Å²) < 4.78 is 0. The maximum Gasteiger partial charge on any atom is -0.00445 e. The highest BCUT2D eigenvalue weighted by Crippen LogP contribution is 2.04. The van der Waals surface area contributed by atoms with Crippen LogP contribution in [0.25, 0.3) is 0 Å². The molecule has 0 atom stereocenters. The lowest BCUT2D eigenvalue weighted by Crippen LogP contribution is -1.89. The van der Waals surface area contributed by atoms with Crippen LogP contribution >= 0.6 is 11.8 Å². The zero-order chi connectivity index (χ0) is 5.70. The van der Waals surface area contributed by atoms with Crippen LogP contribution in [0.2, 0.25) is 0 Å². The van der Waals surface area contributed by atoms with Gasteiger partial charge >= 0.3 is 0 Å². The lowest BCUT2D eigenvalue weighted by molar-refractivity contribution is 0.750. The van der Waals surface area contributed by atoms with Gasteiger partial charge in [-0.25, -0.2) is 0 Å². The average molecular weight is 118 g/mol. The van der Waals surface area contributed by atoms with Crippen LogP contribution in [-0.2, 0) is 0 Å². The zero-order valence-electron chi connectivity index (χ0n) is 5.40. The Hall–Kier alpha value is 0.350. The van der Waals surface area contributed by atoms with Crippen molar-refractivity contribution >= 4 is 11.8 Å². The molecule has 0 aromatic carbocycles. The Bertz CT molecular complexity index is 33.2. The van der Waals surface area contributed by atoms with E-state index in [4.69, 9.17) is 0 Å². The second kappa shape index (κ2) is 4.51. The minimum Gasteiger partial charge on any atom is -0.162 e. The van der Waals surface area contributed by atoms with Crippen molar-refractivity contribution in [2.24, 2.45) is 5.92 Å². The first-order chi connectivity index (χ1) is 3.27. The van der Waals surface area contributed by atoms with Crippen LogP contribution in [0.15, 0.2) is 0 Å². The molecule has 0 spiro atoms. The minimum absolute atomic E-state index is 0.866. The molecule has 0 bridgehead atoms. The fraction of sp³-hybridized carbons (Fsp3) is 1.00. The van der Waals surface area contributed by atoms with Crippen molar-refractivity contribution in [1.29, 1.82) is 0 Å². The number of thioether (sulfide) groups is 1. The normalized spacial score (nSPS) is 10.3. The lowest BCUT2D eigenvalue weighted by Gasteiger charge is -1.98. The van der Waals surface area contributed by atoms with Gasteiger partial charge in [-0.05, 0) is 17.4 Å². The Balaban J connectivity index is 2.68. The third-order valence-electron chi connectivity index (χ3n) is 0.655. The van der Waals surface area contributed by atoms with Crippen molar-refractivity contribution in [2.75, 3.05) is 11.5 Å². The van der Waals surface area contributed by atoms with Crippen LogP contribution in [0.1, 0.15) is 20.8 Å². The van der Waals surface area contributed by atoms with Gasteiger partial charge in [0.1, 0.15) is 0 Å². The molecule has 7 heavy (non-hydrogen) atoms. The van der Waals surface area contributed by atoms with Crippen LogP contribution in [0.5, 0.6) is 0 Å². The van der Waals surface area contributed by atoms with Gasteiger partial charge in [0.2, 0.25) is 0 Å².